The maximum atomic E-state index is 11.9. The molecule has 196 valence electrons. The molecule has 1 aromatic rings. The van der Waals surface area contributed by atoms with E-state index in [1.54, 1.807) is 0 Å². The highest BCUT2D eigenvalue weighted by Crippen LogP contribution is 2.38. The van der Waals surface area contributed by atoms with Crippen LogP contribution >= 0.6 is 0 Å². The molecular formula is C23H24N3O11+. The number of benzene rings is 1. The van der Waals surface area contributed by atoms with Crippen LogP contribution in [0.25, 0.3) is 0 Å². The van der Waals surface area contributed by atoms with E-state index < -0.39 is 48.6 Å². The molecule has 2 heterocycles. The third kappa shape index (κ3) is 6.42. The quantitative estimate of drug-likeness (QED) is 0.119. The minimum Gasteiger partial charge on any atom is -0.506 e. The Balaban J connectivity index is 1.96. The molecule has 14 heteroatoms. The van der Waals surface area contributed by atoms with Gasteiger partial charge in [0, 0.05) is 24.5 Å². The van der Waals surface area contributed by atoms with Crippen molar-refractivity contribution in [3.05, 3.63) is 41.1 Å². The second-order valence-corrected chi connectivity index (χ2v) is 8.25. The second kappa shape index (κ2) is 11.2. The average Bonchev–Trinajstić information content (AvgIpc) is 3.17. The van der Waals surface area contributed by atoms with Crippen LogP contribution in [0.1, 0.15) is 24.8 Å². The van der Waals surface area contributed by atoms with Crippen molar-refractivity contribution in [2.75, 3.05) is 5.32 Å². The van der Waals surface area contributed by atoms with Crippen molar-refractivity contribution in [2.45, 2.75) is 44.0 Å². The predicted octanol–water partition coefficient (Wildman–Crippen LogP) is 0.234. The summed E-state index contributed by atoms with van der Waals surface area (Å²) in [5, 5.41) is 52.9. The zero-order valence-corrected chi connectivity index (χ0v) is 19.2. The van der Waals surface area contributed by atoms with Gasteiger partial charge in [-0.1, -0.05) is 0 Å². The lowest BCUT2D eigenvalue weighted by molar-refractivity contribution is -0.456. The van der Waals surface area contributed by atoms with Gasteiger partial charge in [0.15, 0.2) is 12.4 Å². The molecule has 3 atom stereocenters. The fourth-order valence-corrected chi connectivity index (χ4v) is 4.01. The molecule has 0 aliphatic carbocycles. The van der Waals surface area contributed by atoms with Crippen LogP contribution in [0.3, 0.4) is 0 Å². The maximum absolute atomic E-state index is 11.9. The summed E-state index contributed by atoms with van der Waals surface area (Å²) >= 11 is 0. The molecule has 0 bridgehead atoms. The fraction of sp³-hybridized carbons (Fsp3) is 0.304. The lowest BCUT2D eigenvalue weighted by atomic mass is 10.1. The summed E-state index contributed by atoms with van der Waals surface area (Å²) in [5.41, 5.74) is 0.993. The molecular weight excluding hydrogens is 494 g/mol. The molecule has 0 saturated heterocycles. The Morgan fingerprint density at radius 2 is 1.89 bits per heavy atom. The van der Waals surface area contributed by atoms with Gasteiger partial charge in [-0.15, -0.1) is 0 Å². The van der Waals surface area contributed by atoms with Crippen LogP contribution in [-0.2, 0) is 35.1 Å². The van der Waals surface area contributed by atoms with Crippen LogP contribution in [0.15, 0.2) is 35.6 Å². The largest absolute Gasteiger partial charge is 0.506 e. The third-order valence-corrected chi connectivity index (χ3v) is 5.75. The minimum atomic E-state index is -1.32. The monoisotopic (exact) mass is 518 g/mol. The summed E-state index contributed by atoms with van der Waals surface area (Å²) in [4.78, 5) is 56.3. The molecule has 2 aliphatic heterocycles. The average molecular weight is 518 g/mol. The SMILES string of the molecule is O=COC1CC(=CC=[N+]2c3cc(O)c(N[C@@H](CCC(=O)O)C(=O)O)cc3C[C@H]2C(=O)O)C=C(C(=O)O)N1. The Bertz CT molecular complexity index is 1230. The summed E-state index contributed by atoms with van der Waals surface area (Å²) in [6.45, 7) is 0.173. The summed E-state index contributed by atoms with van der Waals surface area (Å²) in [5.74, 6) is -5.35. The normalized spacial score (nSPS) is 21.4. The van der Waals surface area contributed by atoms with Crippen LogP contribution in [0.4, 0.5) is 11.4 Å². The van der Waals surface area contributed by atoms with Gasteiger partial charge in [-0.3, -0.25) is 9.59 Å². The van der Waals surface area contributed by atoms with E-state index in [-0.39, 0.29) is 42.9 Å². The number of carboxylic acids is 4. The van der Waals surface area contributed by atoms with Gasteiger partial charge in [-0.25, -0.2) is 14.4 Å². The smallest absolute Gasteiger partial charge is 0.373 e. The highest BCUT2D eigenvalue weighted by atomic mass is 16.5. The number of phenols is 1. The van der Waals surface area contributed by atoms with Gasteiger partial charge in [0.05, 0.1) is 18.2 Å². The Morgan fingerprint density at radius 3 is 2.49 bits per heavy atom. The predicted molar refractivity (Wildman–Crippen MR) is 124 cm³/mol. The van der Waals surface area contributed by atoms with Crippen LogP contribution in [-0.4, -0.2) is 85.0 Å². The zero-order valence-electron chi connectivity index (χ0n) is 19.2. The summed E-state index contributed by atoms with van der Waals surface area (Å²) in [6, 6.07) is 0.265. The molecule has 1 aromatic carbocycles. The zero-order chi connectivity index (χ0) is 27.3. The Hall–Kier alpha value is -4.88. The van der Waals surface area contributed by atoms with Crippen molar-refractivity contribution < 1.29 is 58.8 Å². The minimum absolute atomic E-state index is 0.000806. The van der Waals surface area contributed by atoms with Crippen LogP contribution in [0.2, 0.25) is 0 Å². The van der Waals surface area contributed by atoms with Gasteiger partial charge in [-0.2, -0.15) is 4.58 Å². The van der Waals surface area contributed by atoms with Crippen LogP contribution < -0.4 is 10.6 Å². The van der Waals surface area contributed by atoms with E-state index in [1.807, 2.05) is 0 Å². The molecule has 14 nitrogen and oxygen atoms in total. The highest BCUT2D eigenvalue weighted by Gasteiger charge is 2.40. The van der Waals surface area contributed by atoms with Gasteiger partial charge in [0.25, 0.3) is 12.5 Å². The molecule has 3 rings (SSSR count). The number of carbonyl (C=O) groups excluding carboxylic acids is 1. The molecule has 0 saturated carbocycles. The number of fused-ring (bicyclic) bond motifs is 1. The van der Waals surface area contributed by atoms with Gasteiger partial charge in [-0.05, 0) is 24.1 Å². The number of ether oxygens (including phenoxy) is 1. The molecule has 2 aliphatic rings. The number of anilines is 1. The van der Waals surface area contributed by atoms with E-state index in [0.717, 1.165) is 0 Å². The van der Waals surface area contributed by atoms with Gasteiger partial charge < -0.3 is 40.9 Å². The van der Waals surface area contributed by atoms with Crippen molar-refractivity contribution in [1.29, 1.82) is 0 Å². The standard InChI is InChI=1S/C23H23N3O11/c27-10-37-19-6-11(5-15(25-19)22(33)34)3-4-26-16-9-18(28)14(7-12(16)8-17(26)23(35)36)24-13(21(31)32)1-2-20(29)30/h3-5,7,9-10,13,17,19,24H,1-2,6,8H2,(H5,28,29,30,31,32,33,34,35,36)/p+1/t13-,17-,19?/m0/s1. The third-order valence-electron chi connectivity index (χ3n) is 5.75. The number of hydrogen-bond donors (Lipinski definition) is 7. The molecule has 0 radical (unpaired) electrons. The number of rotatable bonds is 11. The first-order valence-corrected chi connectivity index (χ1v) is 10.9. The summed E-state index contributed by atoms with van der Waals surface area (Å²) in [7, 11) is 0. The maximum Gasteiger partial charge on any atom is 0.373 e. The van der Waals surface area contributed by atoms with Crippen molar-refractivity contribution in [3.63, 3.8) is 0 Å². The van der Waals surface area contributed by atoms with E-state index in [4.69, 9.17) is 9.84 Å². The van der Waals surface area contributed by atoms with Crippen molar-refractivity contribution in [3.8, 4) is 5.75 Å². The Morgan fingerprint density at radius 1 is 1.16 bits per heavy atom. The van der Waals surface area contributed by atoms with E-state index in [9.17, 15) is 44.4 Å². The van der Waals surface area contributed by atoms with Crippen LogP contribution in [0, 0.1) is 0 Å². The number of nitrogens with zero attached hydrogens (tertiary/aromatic N) is 1. The lowest BCUT2D eigenvalue weighted by Gasteiger charge is -2.23. The summed E-state index contributed by atoms with van der Waals surface area (Å²) < 4.78 is 6.18. The van der Waals surface area contributed by atoms with E-state index in [2.05, 4.69) is 10.6 Å². The lowest BCUT2D eigenvalue weighted by Crippen LogP contribution is -2.37. The van der Waals surface area contributed by atoms with Crippen LogP contribution in [0.5, 0.6) is 5.75 Å². The van der Waals surface area contributed by atoms with Crippen molar-refractivity contribution in [1.82, 2.24) is 5.32 Å². The van der Waals surface area contributed by atoms with E-state index in [0.29, 0.717) is 16.8 Å². The summed E-state index contributed by atoms with van der Waals surface area (Å²) in [6.07, 6.45) is 2.68. The number of nitrogens with one attached hydrogen (secondary N) is 2. The molecule has 37 heavy (non-hydrogen) atoms. The topological polar surface area (TPSA) is 223 Å². The van der Waals surface area contributed by atoms with Gasteiger partial charge >= 0.3 is 23.9 Å². The van der Waals surface area contributed by atoms with Crippen molar-refractivity contribution in [2.24, 2.45) is 0 Å². The van der Waals surface area contributed by atoms with Gasteiger partial charge in [0.1, 0.15) is 17.5 Å². The first-order valence-electron chi connectivity index (χ1n) is 10.9. The molecule has 0 fully saturated rings. The molecule has 0 spiro atoms. The highest BCUT2D eigenvalue weighted by molar-refractivity contribution is 5.87. The number of allylic oxidation sites excluding steroid dienone is 2. The van der Waals surface area contributed by atoms with Crippen molar-refractivity contribution >= 4 is 47.9 Å². The molecule has 7 N–H and O–H groups in total. The number of hydrogen-bond acceptors (Lipinski definition) is 9. The number of carbonyl (C=O) groups is 5. The Labute approximate surface area is 208 Å². The first kappa shape index (κ1) is 26.7. The Kier molecular flexibility index (Phi) is 8.12. The molecule has 0 amide bonds. The number of phenolic OH excluding ortho intramolecular Hbond substituents is 1. The number of carboxylic acid groups (broad SMARTS) is 4. The first-order chi connectivity index (χ1) is 17.5. The van der Waals surface area contributed by atoms with E-state index >= 15 is 0 Å². The molecule has 1 unspecified atom stereocenters. The fourth-order valence-electron chi connectivity index (χ4n) is 4.01. The number of aromatic hydroxyl groups is 1. The molecule has 0 aromatic heterocycles. The second-order valence-electron chi connectivity index (χ2n) is 8.25. The van der Waals surface area contributed by atoms with E-state index in [1.165, 1.54) is 35.1 Å². The van der Waals surface area contributed by atoms with Gasteiger partial charge in [0.2, 0.25) is 5.69 Å². The number of aliphatic carboxylic acids is 4.